The van der Waals surface area contributed by atoms with Gasteiger partial charge in [-0.05, 0) is 25.0 Å². The van der Waals surface area contributed by atoms with Crippen LogP contribution in [0, 0.1) is 0 Å². The zero-order valence-corrected chi connectivity index (χ0v) is 12.6. The maximum absolute atomic E-state index is 12.4. The fraction of sp³-hybridized carbons (Fsp3) is 0.500. The highest BCUT2D eigenvalue weighted by molar-refractivity contribution is 5.94. The van der Waals surface area contributed by atoms with Gasteiger partial charge in [0.15, 0.2) is 0 Å². The van der Waals surface area contributed by atoms with Gasteiger partial charge in [0.05, 0.1) is 5.56 Å². The first-order valence-corrected chi connectivity index (χ1v) is 5.96. The lowest BCUT2D eigenvalue weighted by molar-refractivity contribution is -0.141. The van der Waals surface area contributed by atoms with Gasteiger partial charge in [-0.1, -0.05) is 0 Å². The molecule has 1 amide bonds. The molecule has 0 aliphatic carbocycles. The first kappa shape index (κ1) is 19.9. The molecule has 2 rings (SSSR count). The lowest BCUT2D eigenvalue weighted by atomic mass is 10.1. The fourth-order valence-corrected chi connectivity index (χ4v) is 2.07. The summed E-state index contributed by atoms with van der Waals surface area (Å²) in [7, 11) is 0. The average Bonchev–Trinajstić information content (AvgIpc) is 2.37. The summed E-state index contributed by atoms with van der Waals surface area (Å²) in [5.41, 5.74) is 4.92. The van der Waals surface area contributed by atoms with E-state index in [1.54, 1.807) is 4.90 Å². The Labute approximate surface area is 132 Å². The molecule has 1 aliphatic rings. The van der Waals surface area contributed by atoms with Crippen LogP contribution in [0.15, 0.2) is 18.3 Å². The van der Waals surface area contributed by atoms with Gasteiger partial charge in [-0.3, -0.25) is 9.78 Å². The number of nitrogens with zero attached hydrogens (tertiary/aromatic N) is 2. The van der Waals surface area contributed by atoms with Crippen LogP contribution in [0.25, 0.3) is 0 Å². The molecule has 9 heteroatoms. The first-order valence-electron chi connectivity index (χ1n) is 5.96. The second-order valence-electron chi connectivity index (χ2n) is 4.58. The maximum atomic E-state index is 12.4. The van der Waals surface area contributed by atoms with Gasteiger partial charge < -0.3 is 10.6 Å². The lowest BCUT2D eigenvalue weighted by Crippen LogP contribution is -2.45. The van der Waals surface area contributed by atoms with E-state index < -0.39 is 11.9 Å². The number of rotatable bonds is 1. The third-order valence-corrected chi connectivity index (χ3v) is 3.05. The number of hydrogen-bond donors (Lipinski definition) is 1. The molecule has 1 unspecified atom stereocenters. The van der Waals surface area contributed by atoms with Crippen molar-refractivity contribution in [1.82, 2.24) is 9.88 Å². The number of amides is 1. The van der Waals surface area contributed by atoms with Crippen molar-refractivity contribution >= 4 is 30.7 Å². The fourth-order valence-electron chi connectivity index (χ4n) is 2.07. The molecule has 1 aliphatic heterocycles. The molecule has 0 aromatic carbocycles. The molecule has 1 saturated heterocycles. The number of alkyl halides is 3. The highest BCUT2D eigenvalue weighted by Gasteiger charge is 2.32. The Balaban J connectivity index is 0.00000200. The number of nitrogens with two attached hydrogens (primary N) is 1. The van der Waals surface area contributed by atoms with Gasteiger partial charge in [-0.2, -0.15) is 13.2 Å². The molecule has 0 radical (unpaired) electrons. The summed E-state index contributed by atoms with van der Waals surface area (Å²) in [6, 6.07) is 1.90. The Morgan fingerprint density at radius 2 is 2.00 bits per heavy atom. The van der Waals surface area contributed by atoms with Crippen LogP contribution in [0.2, 0.25) is 0 Å². The smallest absolute Gasteiger partial charge is 0.337 e. The number of halogens is 5. The third kappa shape index (κ3) is 5.01. The van der Waals surface area contributed by atoms with Crippen molar-refractivity contribution in [1.29, 1.82) is 0 Å². The van der Waals surface area contributed by atoms with Gasteiger partial charge >= 0.3 is 6.18 Å². The number of pyridine rings is 1. The molecular formula is C12H16Cl2F3N3O. The van der Waals surface area contributed by atoms with E-state index in [4.69, 9.17) is 5.73 Å². The molecule has 1 aromatic rings. The average molecular weight is 346 g/mol. The summed E-state index contributed by atoms with van der Waals surface area (Å²) in [6.45, 7) is 1.01. The van der Waals surface area contributed by atoms with Crippen molar-refractivity contribution in [2.45, 2.75) is 25.1 Å². The predicted molar refractivity (Wildman–Crippen MR) is 76.8 cm³/mol. The second kappa shape index (κ2) is 7.82. The quantitative estimate of drug-likeness (QED) is 0.850. The van der Waals surface area contributed by atoms with Crippen LogP contribution in [-0.4, -0.2) is 34.9 Å². The van der Waals surface area contributed by atoms with E-state index in [0.717, 1.165) is 31.2 Å². The van der Waals surface area contributed by atoms with E-state index in [1.807, 2.05) is 0 Å². The number of carbonyl (C=O) groups excluding carboxylic acids is 1. The zero-order chi connectivity index (χ0) is 14.0. The predicted octanol–water partition coefficient (Wildman–Crippen LogP) is 2.51. The molecule has 0 spiro atoms. The molecule has 21 heavy (non-hydrogen) atoms. The maximum Gasteiger partial charge on any atom is 0.433 e. The summed E-state index contributed by atoms with van der Waals surface area (Å²) in [6.07, 6.45) is -1.86. The molecule has 1 atom stereocenters. The van der Waals surface area contributed by atoms with E-state index >= 15 is 0 Å². The topological polar surface area (TPSA) is 59.2 Å². The van der Waals surface area contributed by atoms with E-state index in [-0.39, 0.29) is 42.3 Å². The van der Waals surface area contributed by atoms with E-state index in [0.29, 0.717) is 13.1 Å². The number of carbonyl (C=O) groups is 1. The largest absolute Gasteiger partial charge is 0.433 e. The van der Waals surface area contributed by atoms with Gasteiger partial charge in [0.2, 0.25) is 0 Å². The van der Waals surface area contributed by atoms with E-state index in [9.17, 15) is 18.0 Å². The van der Waals surface area contributed by atoms with Crippen molar-refractivity contribution in [3.8, 4) is 0 Å². The Bertz CT molecular complexity index is 468. The van der Waals surface area contributed by atoms with Crippen molar-refractivity contribution in [2.24, 2.45) is 5.73 Å². The van der Waals surface area contributed by atoms with Crippen LogP contribution in [0.5, 0.6) is 0 Å². The molecule has 1 aromatic heterocycles. The minimum absolute atomic E-state index is 0. The zero-order valence-electron chi connectivity index (χ0n) is 11.0. The third-order valence-electron chi connectivity index (χ3n) is 3.05. The molecule has 0 bridgehead atoms. The molecule has 2 heterocycles. The molecule has 2 N–H and O–H groups in total. The van der Waals surface area contributed by atoms with Gasteiger partial charge in [0.1, 0.15) is 5.69 Å². The highest BCUT2D eigenvalue weighted by Crippen LogP contribution is 2.27. The van der Waals surface area contributed by atoms with Crippen LogP contribution >= 0.6 is 24.8 Å². The molecule has 4 nitrogen and oxygen atoms in total. The van der Waals surface area contributed by atoms with Crippen molar-refractivity contribution in [3.05, 3.63) is 29.6 Å². The van der Waals surface area contributed by atoms with Gasteiger partial charge in [-0.25, -0.2) is 0 Å². The number of likely N-dealkylation sites (tertiary alicyclic amines) is 1. The molecule has 0 saturated carbocycles. The van der Waals surface area contributed by atoms with Crippen LogP contribution in [-0.2, 0) is 6.18 Å². The Morgan fingerprint density at radius 3 is 2.48 bits per heavy atom. The van der Waals surface area contributed by atoms with Crippen LogP contribution in [0.4, 0.5) is 13.2 Å². The van der Waals surface area contributed by atoms with Crippen LogP contribution < -0.4 is 5.73 Å². The van der Waals surface area contributed by atoms with E-state index in [2.05, 4.69) is 4.98 Å². The molecule has 1 fully saturated rings. The van der Waals surface area contributed by atoms with Gasteiger partial charge in [-0.15, -0.1) is 24.8 Å². The summed E-state index contributed by atoms with van der Waals surface area (Å²) in [4.78, 5) is 16.9. The minimum atomic E-state index is -4.49. The monoisotopic (exact) mass is 345 g/mol. The summed E-state index contributed by atoms with van der Waals surface area (Å²) in [5.74, 6) is -0.323. The lowest BCUT2D eigenvalue weighted by Gasteiger charge is -2.30. The van der Waals surface area contributed by atoms with Crippen molar-refractivity contribution in [3.63, 3.8) is 0 Å². The van der Waals surface area contributed by atoms with Crippen LogP contribution in [0.1, 0.15) is 28.9 Å². The van der Waals surface area contributed by atoms with Gasteiger partial charge in [0, 0.05) is 25.3 Å². The number of aromatic nitrogens is 1. The second-order valence-corrected chi connectivity index (χ2v) is 4.58. The van der Waals surface area contributed by atoms with E-state index in [1.165, 1.54) is 0 Å². The SMILES string of the molecule is Cl.Cl.NC1CCCN(C(=O)c2ccc(C(F)(F)F)nc2)C1. The van der Waals surface area contributed by atoms with Crippen molar-refractivity contribution in [2.75, 3.05) is 13.1 Å². The normalized spacial score (nSPS) is 18.5. The Kier molecular flexibility index (Phi) is 7.43. The highest BCUT2D eigenvalue weighted by atomic mass is 35.5. The summed E-state index contributed by atoms with van der Waals surface area (Å²) in [5, 5.41) is 0. The van der Waals surface area contributed by atoms with Crippen LogP contribution in [0.3, 0.4) is 0 Å². The Morgan fingerprint density at radius 1 is 1.33 bits per heavy atom. The van der Waals surface area contributed by atoms with Crippen molar-refractivity contribution < 1.29 is 18.0 Å². The molecule has 120 valence electrons. The number of hydrogen-bond acceptors (Lipinski definition) is 3. The van der Waals surface area contributed by atoms with Gasteiger partial charge in [0.25, 0.3) is 5.91 Å². The summed E-state index contributed by atoms with van der Waals surface area (Å²) >= 11 is 0. The number of piperidine rings is 1. The molecular weight excluding hydrogens is 330 g/mol. The Hall–Kier alpha value is -1.05. The standard InChI is InChI=1S/C12H14F3N3O.2ClH/c13-12(14,15)10-4-3-8(6-17-10)11(19)18-5-1-2-9(16)7-18;;/h3-4,6,9H,1-2,5,7,16H2;2*1H. The minimum Gasteiger partial charge on any atom is -0.337 e. The first-order chi connectivity index (χ1) is 8.88. The summed E-state index contributed by atoms with van der Waals surface area (Å²) < 4.78 is 37.1.